The van der Waals surface area contributed by atoms with E-state index >= 15 is 0 Å². The molecule has 0 bridgehead atoms. The molecule has 0 saturated carbocycles. The number of hydrogen-bond acceptors (Lipinski definition) is 7. The van der Waals surface area contributed by atoms with Crippen LogP contribution in [0.5, 0.6) is 0 Å². The molecule has 1 aromatic carbocycles. The molecule has 9 nitrogen and oxygen atoms in total. The molecule has 0 unspecified atom stereocenters. The van der Waals surface area contributed by atoms with Crippen molar-refractivity contribution in [1.29, 1.82) is 0 Å². The second-order valence-corrected chi connectivity index (χ2v) is 11.3. The summed E-state index contributed by atoms with van der Waals surface area (Å²) in [6.07, 6.45) is 4.89. The van der Waals surface area contributed by atoms with E-state index in [1.807, 2.05) is 69.1 Å². The lowest BCUT2D eigenvalue weighted by atomic mass is 10.0. The van der Waals surface area contributed by atoms with Gasteiger partial charge in [0.1, 0.15) is 11.4 Å². The summed E-state index contributed by atoms with van der Waals surface area (Å²) in [7, 11) is 1.84. The number of esters is 1. The summed E-state index contributed by atoms with van der Waals surface area (Å²) >= 11 is 6.11. The Hall–Kier alpha value is -4.05. The van der Waals surface area contributed by atoms with Crippen LogP contribution < -0.4 is 9.80 Å². The minimum atomic E-state index is -0.564. The molecule has 1 aliphatic rings. The van der Waals surface area contributed by atoms with Crippen molar-refractivity contribution in [3.8, 4) is 11.3 Å². The summed E-state index contributed by atoms with van der Waals surface area (Å²) in [6, 6.07) is 11.3. The van der Waals surface area contributed by atoms with Crippen molar-refractivity contribution in [3.05, 3.63) is 71.4 Å². The second-order valence-electron chi connectivity index (χ2n) is 11.0. The van der Waals surface area contributed by atoms with Crippen LogP contribution in [0, 0.1) is 11.7 Å². The van der Waals surface area contributed by atoms with Crippen LogP contribution in [0.4, 0.5) is 15.9 Å². The third-order valence-corrected chi connectivity index (χ3v) is 7.04. The van der Waals surface area contributed by atoms with Crippen LogP contribution in [-0.4, -0.2) is 50.7 Å². The largest absolute Gasteiger partial charge is 0.460 e. The molecule has 11 heteroatoms. The van der Waals surface area contributed by atoms with E-state index in [1.54, 1.807) is 15.6 Å². The monoisotopic (exact) mass is 564 g/mol. The first-order valence-electron chi connectivity index (χ1n) is 12.9. The van der Waals surface area contributed by atoms with Gasteiger partial charge in [-0.2, -0.15) is 0 Å². The van der Waals surface area contributed by atoms with Crippen LogP contribution in [0.2, 0.25) is 5.02 Å². The minimum absolute atomic E-state index is 0.0148. The van der Waals surface area contributed by atoms with E-state index in [-0.39, 0.29) is 29.2 Å². The standard InChI is InChI=1S/C29H30ClFN6O3/c1-29(2,3)40-27(39)12-18-11-26(38)36(16-18)21-7-5-19(6-8-21)23-15-33-24-9-10-25(34-37(23)24)35(4)17-20-13-32-14-22(31)28(20)30/h5-10,13-15,18H,11-12,16-17H2,1-4H3/t18-/m1/s1. The fourth-order valence-corrected chi connectivity index (χ4v) is 4.93. The molecule has 0 spiro atoms. The van der Waals surface area contributed by atoms with Crippen molar-refractivity contribution in [2.75, 3.05) is 23.4 Å². The van der Waals surface area contributed by atoms with Gasteiger partial charge in [0.25, 0.3) is 0 Å². The molecule has 0 radical (unpaired) electrons. The van der Waals surface area contributed by atoms with Crippen LogP contribution in [0.1, 0.15) is 39.2 Å². The van der Waals surface area contributed by atoms with Crippen LogP contribution in [-0.2, 0) is 20.9 Å². The average molecular weight is 565 g/mol. The van der Waals surface area contributed by atoms with Gasteiger partial charge in [-0.3, -0.25) is 14.6 Å². The van der Waals surface area contributed by atoms with Crippen LogP contribution in [0.3, 0.4) is 0 Å². The number of hydrogen-bond donors (Lipinski definition) is 0. The van der Waals surface area contributed by atoms with E-state index in [1.165, 1.54) is 6.20 Å². The number of fused-ring (bicyclic) bond motifs is 1. The molecule has 208 valence electrons. The highest BCUT2D eigenvalue weighted by molar-refractivity contribution is 6.31. The molecule has 1 amide bonds. The van der Waals surface area contributed by atoms with Gasteiger partial charge in [0.05, 0.1) is 29.5 Å². The third-order valence-electron chi connectivity index (χ3n) is 6.61. The number of aromatic nitrogens is 4. The van der Waals surface area contributed by atoms with Crippen molar-refractivity contribution in [2.45, 2.75) is 45.8 Å². The molecule has 4 heterocycles. The van der Waals surface area contributed by atoms with Crippen LogP contribution in [0.25, 0.3) is 16.9 Å². The number of pyridine rings is 1. The normalized spacial score (nSPS) is 15.6. The molecule has 1 aliphatic heterocycles. The third kappa shape index (κ3) is 5.91. The van der Waals surface area contributed by atoms with Crippen molar-refractivity contribution in [3.63, 3.8) is 0 Å². The van der Waals surface area contributed by atoms with E-state index in [2.05, 4.69) is 9.97 Å². The molecular formula is C29H30ClFN6O3. The molecule has 0 aliphatic carbocycles. The van der Waals surface area contributed by atoms with E-state index in [4.69, 9.17) is 21.4 Å². The molecule has 40 heavy (non-hydrogen) atoms. The Morgan fingerprint density at radius 2 is 1.90 bits per heavy atom. The maximum Gasteiger partial charge on any atom is 0.306 e. The molecule has 5 rings (SSSR count). The molecule has 4 aromatic rings. The lowest BCUT2D eigenvalue weighted by Gasteiger charge is -2.21. The number of rotatable bonds is 7. The first-order valence-corrected chi connectivity index (χ1v) is 13.3. The molecule has 1 atom stereocenters. The van der Waals surface area contributed by atoms with E-state index < -0.39 is 11.4 Å². The first-order chi connectivity index (χ1) is 19.0. The Morgan fingerprint density at radius 1 is 1.15 bits per heavy atom. The molecule has 1 fully saturated rings. The van der Waals surface area contributed by atoms with Gasteiger partial charge in [-0.15, -0.1) is 5.10 Å². The lowest BCUT2D eigenvalue weighted by Crippen LogP contribution is -2.27. The molecular weight excluding hydrogens is 535 g/mol. The van der Waals surface area contributed by atoms with Crippen molar-refractivity contribution in [1.82, 2.24) is 19.6 Å². The SMILES string of the molecule is CN(Cc1cncc(F)c1Cl)c1ccc2ncc(-c3ccc(N4C[C@@H](CC(=O)OC(C)(C)C)CC4=O)cc3)n2n1. The molecule has 3 aromatic heterocycles. The first kappa shape index (κ1) is 27.5. The lowest BCUT2D eigenvalue weighted by molar-refractivity contribution is -0.155. The Bertz CT molecular complexity index is 1570. The number of anilines is 2. The summed E-state index contributed by atoms with van der Waals surface area (Å²) in [5.41, 5.74) is 3.09. The number of halogens is 2. The Labute approximate surface area is 236 Å². The summed E-state index contributed by atoms with van der Waals surface area (Å²) in [6.45, 7) is 6.28. The number of amides is 1. The fourth-order valence-electron chi connectivity index (χ4n) is 4.77. The zero-order valence-corrected chi connectivity index (χ0v) is 23.5. The van der Waals surface area contributed by atoms with Gasteiger partial charge in [0.15, 0.2) is 11.5 Å². The summed E-state index contributed by atoms with van der Waals surface area (Å²) < 4.78 is 21.0. The van der Waals surface area contributed by atoms with Gasteiger partial charge in [-0.1, -0.05) is 23.7 Å². The topological polar surface area (TPSA) is 92.9 Å². The number of nitrogens with zero attached hydrogens (tertiary/aromatic N) is 6. The number of ether oxygens (including phenoxy) is 1. The van der Waals surface area contributed by atoms with Crippen LogP contribution in [0.15, 0.2) is 55.0 Å². The smallest absolute Gasteiger partial charge is 0.306 e. The van der Waals surface area contributed by atoms with Crippen LogP contribution >= 0.6 is 11.6 Å². The van der Waals surface area contributed by atoms with E-state index in [0.29, 0.717) is 36.5 Å². The maximum atomic E-state index is 13.8. The summed E-state index contributed by atoms with van der Waals surface area (Å²) in [5.74, 6) is -0.311. The Balaban J connectivity index is 1.31. The van der Waals surface area contributed by atoms with E-state index in [9.17, 15) is 14.0 Å². The number of benzene rings is 1. The highest BCUT2D eigenvalue weighted by atomic mass is 35.5. The zero-order valence-electron chi connectivity index (χ0n) is 22.8. The Kier molecular flexibility index (Phi) is 7.46. The molecule has 0 N–H and O–H groups in total. The van der Waals surface area contributed by atoms with Gasteiger partial charge in [-0.25, -0.2) is 13.9 Å². The fraction of sp³-hybridized carbons (Fsp3) is 0.345. The number of carbonyl (C=O) groups excluding carboxylic acids is 2. The summed E-state index contributed by atoms with van der Waals surface area (Å²) in [5, 5.41) is 4.79. The maximum absolute atomic E-state index is 13.8. The molecule has 1 saturated heterocycles. The van der Waals surface area contributed by atoms with E-state index in [0.717, 1.165) is 23.1 Å². The summed E-state index contributed by atoms with van der Waals surface area (Å²) in [4.78, 5) is 36.9. The van der Waals surface area contributed by atoms with Gasteiger partial charge in [0.2, 0.25) is 5.91 Å². The highest BCUT2D eigenvalue weighted by Gasteiger charge is 2.33. The van der Waals surface area contributed by atoms with Gasteiger partial charge < -0.3 is 14.5 Å². The predicted octanol–water partition coefficient (Wildman–Crippen LogP) is 5.30. The zero-order chi connectivity index (χ0) is 28.6. The van der Waals surface area contributed by atoms with Crippen molar-refractivity contribution in [2.24, 2.45) is 5.92 Å². The number of imidazole rings is 1. The highest BCUT2D eigenvalue weighted by Crippen LogP contribution is 2.30. The number of carbonyl (C=O) groups is 2. The van der Waals surface area contributed by atoms with Crippen molar-refractivity contribution >= 4 is 40.6 Å². The quantitative estimate of drug-likeness (QED) is 0.281. The van der Waals surface area contributed by atoms with Gasteiger partial charge in [-0.05, 0) is 51.0 Å². The Morgan fingerprint density at radius 3 is 2.62 bits per heavy atom. The van der Waals surface area contributed by atoms with Crippen molar-refractivity contribution < 1.29 is 18.7 Å². The second kappa shape index (κ2) is 10.8. The minimum Gasteiger partial charge on any atom is -0.460 e. The predicted molar refractivity (Wildman–Crippen MR) is 151 cm³/mol. The average Bonchev–Trinajstić information content (AvgIpc) is 3.48. The van der Waals surface area contributed by atoms with Gasteiger partial charge >= 0.3 is 5.97 Å². The van der Waals surface area contributed by atoms with Gasteiger partial charge in [0, 0.05) is 49.6 Å².